The molecule has 0 aliphatic heterocycles. The summed E-state index contributed by atoms with van der Waals surface area (Å²) in [4.78, 5) is 1.26. The molecule has 2 heterocycles. The molecule has 3 aromatic rings. The molecule has 0 saturated carbocycles. The highest BCUT2D eigenvalue weighted by Gasteiger charge is 2.22. The Hall–Kier alpha value is -2.16. The fourth-order valence-electron chi connectivity index (χ4n) is 2.90. The molecular weight excluding hydrogens is 382 g/mol. The highest BCUT2D eigenvalue weighted by molar-refractivity contribution is 7.89. The lowest BCUT2D eigenvalue weighted by molar-refractivity contribution is 0.340. The van der Waals surface area contributed by atoms with Crippen molar-refractivity contribution in [2.24, 2.45) is 0 Å². The molecule has 0 radical (unpaired) electrons. The van der Waals surface area contributed by atoms with Crippen LogP contribution in [0.3, 0.4) is 0 Å². The summed E-state index contributed by atoms with van der Waals surface area (Å²) in [6, 6.07) is 12.2. The van der Waals surface area contributed by atoms with Crippen molar-refractivity contribution < 1.29 is 13.2 Å². The Bertz CT molecular complexity index is 978. The molecule has 1 N–H and O–H groups in total. The van der Waals surface area contributed by atoms with Gasteiger partial charge in [-0.1, -0.05) is 6.07 Å². The first-order valence-corrected chi connectivity index (χ1v) is 11.1. The average molecular weight is 406 g/mol. The summed E-state index contributed by atoms with van der Waals surface area (Å²) in [5.41, 5.74) is 1.90. The van der Waals surface area contributed by atoms with Crippen molar-refractivity contribution in [2.75, 3.05) is 13.2 Å². The first kappa shape index (κ1) is 19.6. The normalized spacial score (nSPS) is 12.9. The molecule has 0 amide bonds. The molecule has 8 heteroatoms. The van der Waals surface area contributed by atoms with Gasteiger partial charge >= 0.3 is 0 Å². The van der Waals surface area contributed by atoms with Crippen molar-refractivity contribution in [3.63, 3.8) is 0 Å². The van der Waals surface area contributed by atoms with Crippen LogP contribution in [0.1, 0.15) is 29.2 Å². The molecule has 0 bridgehead atoms. The van der Waals surface area contributed by atoms with Gasteiger partial charge in [-0.2, -0.15) is 5.10 Å². The quantitative estimate of drug-likeness (QED) is 0.622. The van der Waals surface area contributed by atoms with Crippen LogP contribution in [0.4, 0.5) is 0 Å². The second kappa shape index (κ2) is 8.24. The Kier molecular flexibility index (Phi) is 5.98. The predicted molar refractivity (Wildman–Crippen MR) is 107 cm³/mol. The molecular formula is C19H23N3O3S2. The van der Waals surface area contributed by atoms with E-state index in [-0.39, 0.29) is 17.5 Å². The van der Waals surface area contributed by atoms with Gasteiger partial charge < -0.3 is 4.74 Å². The molecule has 144 valence electrons. The highest BCUT2D eigenvalue weighted by atomic mass is 32.2. The summed E-state index contributed by atoms with van der Waals surface area (Å²) in [7, 11) is -3.63. The van der Waals surface area contributed by atoms with Crippen molar-refractivity contribution in [1.29, 1.82) is 0 Å². The third-order valence-corrected chi connectivity index (χ3v) is 6.54. The van der Waals surface area contributed by atoms with E-state index >= 15 is 0 Å². The van der Waals surface area contributed by atoms with Crippen molar-refractivity contribution in [2.45, 2.75) is 31.7 Å². The van der Waals surface area contributed by atoms with Crippen LogP contribution in [0.5, 0.6) is 5.75 Å². The van der Waals surface area contributed by atoms with E-state index < -0.39 is 10.0 Å². The van der Waals surface area contributed by atoms with Gasteiger partial charge in [0.2, 0.25) is 10.0 Å². The van der Waals surface area contributed by atoms with Gasteiger partial charge in [0.25, 0.3) is 0 Å². The molecule has 1 atom stereocenters. The lowest BCUT2D eigenvalue weighted by Gasteiger charge is -2.19. The van der Waals surface area contributed by atoms with Gasteiger partial charge in [0.05, 0.1) is 23.2 Å². The van der Waals surface area contributed by atoms with Gasteiger partial charge in [0, 0.05) is 17.1 Å². The number of ether oxygens (including phenoxy) is 1. The monoisotopic (exact) mass is 405 g/mol. The van der Waals surface area contributed by atoms with Crippen LogP contribution in [0.2, 0.25) is 0 Å². The smallest absolute Gasteiger partial charge is 0.240 e. The van der Waals surface area contributed by atoms with E-state index in [1.54, 1.807) is 35.6 Å². The first-order chi connectivity index (χ1) is 12.9. The van der Waals surface area contributed by atoms with E-state index in [0.717, 1.165) is 16.3 Å². The van der Waals surface area contributed by atoms with Gasteiger partial charge in [0.15, 0.2) is 0 Å². The van der Waals surface area contributed by atoms with Gasteiger partial charge in [-0.3, -0.25) is 4.68 Å². The van der Waals surface area contributed by atoms with Crippen molar-refractivity contribution in [3.8, 4) is 5.75 Å². The Morgan fingerprint density at radius 3 is 2.52 bits per heavy atom. The first-order valence-electron chi connectivity index (χ1n) is 8.69. The van der Waals surface area contributed by atoms with Gasteiger partial charge in [-0.05, 0) is 62.5 Å². The third-order valence-electron chi connectivity index (χ3n) is 4.12. The maximum atomic E-state index is 12.7. The minimum absolute atomic E-state index is 0.198. The van der Waals surface area contributed by atoms with E-state index in [0.29, 0.717) is 12.4 Å². The SMILES string of the molecule is CCOc1ccc(S(=O)(=O)NCC(c2cccs2)n2nc(C)cc2C)cc1. The number of thiophene rings is 1. The topological polar surface area (TPSA) is 73.2 Å². The summed E-state index contributed by atoms with van der Waals surface area (Å²) in [5, 5.41) is 6.53. The zero-order chi connectivity index (χ0) is 19.4. The molecule has 0 aliphatic rings. The lowest BCUT2D eigenvalue weighted by Crippen LogP contribution is -2.32. The van der Waals surface area contributed by atoms with Crippen LogP contribution in [-0.4, -0.2) is 31.3 Å². The summed E-state index contributed by atoms with van der Waals surface area (Å²) in [6.45, 7) is 6.55. The number of hydrogen-bond acceptors (Lipinski definition) is 5. The van der Waals surface area contributed by atoms with Crippen LogP contribution in [-0.2, 0) is 10.0 Å². The number of hydrogen-bond donors (Lipinski definition) is 1. The fraction of sp³-hybridized carbons (Fsp3) is 0.316. The summed E-state index contributed by atoms with van der Waals surface area (Å²) >= 11 is 1.59. The van der Waals surface area contributed by atoms with Crippen molar-refractivity contribution in [3.05, 3.63) is 64.1 Å². The number of rotatable bonds is 8. The summed E-state index contributed by atoms with van der Waals surface area (Å²) in [6.07, 6.45) is 0. The number of benzene rings is 1. The molecule has 6 nitrogen and oxygen atoms in total. The maximum absolute atomic E-state index is 12.7. The summed E-state index contributed by atoms with van der Waals surface area (Å²) in [5.74, 6) is 0.649. The maximum Gasteiger partial charge on any atom is 0.240 e. The molecule has 1 unspecified atom stereocenters. The molecule has 0 saturated heterocycles. The average Bonchev–Trinajstić information content (AvgIpc) is 3.26. The van der Waals surface area contributed by atoms with E-state index in [2.05, 4.69) is 9.82 Å². The lowest BCUT2D eigenvalue weighted by atomic mass is 10.2. The zero-order valence-corrected chi connectivity index (χ0v) is 17.2. The number of sulfonamides is 1. The largest absolute Gasteiger partial charge is 0.494 e. The zero-order valence-electron chi connectivity index (χ0n) is 15.5. The Balaban J connectivity index is 1.81. The Morgan fingerprint density at radius 1 is 1.22 bits per heavy atom. The van der Waals surface area contributed by atoms with E-state index in [4.69, 9.17) is 4.74 Å². The summed E-state index contributed by atoms with van der Waals surface area (Å²) < 4.78 is 35.4. The highest BCUT2D eigenvalue weighted by Crippen LogP contribution is 2.25. The number of aromatic nitrogens is 2. The molecule has 3 rings (SSSR count). The van der Waals surface area contributed by atoms with E-state index in [1.807, 2.05) is 49.0 Å². The van der Waals surface area contributed by atoms with E-state index in [9.17, 15) is 8.42 Å². The molecule has 0 spiro atoms. The van der Waals surface area contributed by atoms with Crippen LogP contribution in [0, 0.1) is 13.8 Å². The second-order valence-electron chi connectivity index (χ2n) is 6.16. The number of nitrogens with zero attached hydrogens (tertiary/aromatic N) is 2. The van der Waals surface area contributed by atoms with Gasteiger partial charge in [0.1, 0.15) is 5.75 Å². The number of nitrogens with one attached hydrogen (secondary N) is 1. The fourth-order valence-corrected chi connectivity index (χ4v) is 4.75. The Morgan fingerprint density at radius 2 is 1.96 bits per heavy atom. The van der Waals surface area contributed by atoms with Gasteiger partial charge in [-0.25, -0.2) is 13.1 Å². The van der Waals surface area contributed by atoms with Crippen LogP contribution >= 0.6 is 11.3 Å². The predicted octanol–water partition coefficient (Wildman–Crippen LogP) is 3.53. The third kappa shape index (κ3) is 4.58. The van der Waals surface area contributed by atoms with Crippen LogP contribution in [0.15, 0.2) is 52.7 Å². The minimum Gasteiger partial charge on any atom is -0.494 e. The molecule has 2 aromatic heterocycles. The van der Waals surface area contributed by atoms with E-state index in [1.165, 1.54) is 0 Å². The molecule has 0 aliphatic carbocycles. The minimum atomic E-state index is -3.63. The Labute approximate surface area is 163 Å². The standard InChI is InChI=1S/C19H23N3O3S2/c1-4-25-16-7-9-17(10-8-16)27(23,24)20-13-18(19-6-5-11-26-19)22-15(3)12-14(2)21-22/h5-12,18,20H,4,13H2,1-3H3. The second-order valence-corrected chi connectivity index (χ2v) is 8.91. The molecule has 0 fully saturated rings. The van der Waals surface area contributed by atoms with Crippen molar-refractivity contribution >= 4 is 21.4 Å². The van der Waals surface area contributed by atoms with Gasteiger partial charge in [-0.15, -0.1) is 11.3 Å². The van der Waals surface area contributed by atoms with Crippen LogP contribution in [0.25, 0.3) is 0 Å². The number of aryl methyl sites for hydroxylation is 2. The van der Waals surface area contributed by atoms with Crippen LogP contribution < -0.4 is 9.46 Å². The molecule has 27 heavy (non-hydrogen) atoms. The van der Waals surface area contributed by atoms with Crippen molar-refractivity contribution in [1.82, 2.24) is 14.5 Å². The molecule has 1 aromatic carbocycles.